The van der Waals surface area contributed by atoms with Crippen LogP contribution < -0.4 is 11.1 Å². The molecular formula is C18H30N2O3S. The molecule has 1 aliphatic carbocycles. The van der Waals surface area contributed by atoms with E-state index in [4.69, 9.17) is 19.9 Å². The Bertz CT molecular complexity index is 475. The van der Waals surface area contributed by atoms with Crippen molar-refractivity contribution in [2.24, 2.45) is 5.73 Å². The molecule has 2 rings (SSSR count). The van der Waals surface area contributed by atoms with E-state index in [1.807, 2.05) is 6.92 Å². The molecule has 6 heteroatoms. The molecule has 1 heterocycles. The molecule has 0 amide bonds. The van der Waals surface area contributed by atoms with Crippen LogP contribution in [-0.4, -0.2) is 57.4 Å². The summed E-state index contributed by atoms with van der Waals surface area (Å²) >= 11 is 4.08. The van der Waals surface area contributed by atoms with E-state index in [2.05, 4.69) is 36.2 Å². The minimum absolute atomic E-state index is 0.171. The second kappa shape index (κ2) is 10.9. The number of rotatable bonds is 11. The Morgan fingerprint density at radius 2 is 1.96 bits per heavy atom. The first-order valence-corrected chi connectivity index (χ1v) is 9.33. The van der Waals surface area contributed by atoms with Gasteiger partial charge in [0.15, 0.2) is 0 Å². The molecule has 24 heavy (non-hydrogen) atoms. The van der Waals surface area contributed by atoms with Gasteiger partial charge in [0.2, 0.25) is 0 Å². The molecule has 2 unspecified atom stereocenters. The van der Waals surface area contributed by atoms with E-state index in [0.29, 0.717) is 39.1 Å². The van der Waals surface area contributed by atoms with Gasteiger partial charge in [-0.1, -0.05) is 6.08 Å². The summed E-state index contributed by atoms with van der Waals surface area (Å²) in [5.41, 5.74) is 8.64. The maximum atomic E-state index is 5.97. The van der Waals surface area contributed by atoms with E-state index in [-0.39, 0.29) is 6.04 Å². The molecule has 3 N–H and O–H groups in total. The molecular weight excluding hydrogens is 324 g/mol. The van der Waals surface area contributed by atoms with Crippen LogP contribution >= 0.6 is 12.6 Å². The second-order valence-corrected chi connectivity index (χ2v) is 6.56. The molecule has 1 aliphatic heterocycles. The molecule has 0 aromatic rings. The summed E-state index contributed by atoms with van der Waals surface area (Å²) in [5, 5.41) is 3.52. The summed E-state index contributed by atoms with van der Waals surface area (Å²) in [7, 11) is 0. The molecule has 0 aromatic carbocycles. The zero-order valence-corrected chi connectivity index (χ0v) is 15.4. The van der Waals surface area contributed by atoms with E-state index in [1.54, 1.807) is 0 Å². The topological polar surface area (TPSA) is 65.7 Å². The number of nitrogens with two attached hydrogens (primary N) is 1. The largest absolute Gasteiger partial charge is 0.492 e. The molecule has 2 atom stereocenters. The van der Waals surface area contributed by atoms with Gasteiger partial charge in [-0.2, -0.15) is 12.6 Å². The van der Waals surface area contributed by atoms with E-state index in [1.165, 1.54) is 11.1 Å². The van der Waals surface area contributed by atoms with Crippen molar-refractivity contribution in [3.8, 4) is 0 Å². The average molecular weight is 355 g/mol. The van der Waals surface area contributed by atoms with Crippen LogP contribution in [0, 0.1) is 0 Å². The zero-order valence-electron chi connectivity index (χ0n) is 14.5. The minimum atomic E-state index is 0.171. The van der Waals surface area contributed by atoms with Crippen molar-refractivity contribution in [3.63, 3.8) is 0 Å². The van der Waals surface area contributed by atoms with Gasteiger partial charge in [-0.05, 0) is 43.1 Å². The lowest BCUT2D eigenvalue weighted by Crippen LogP contribution is -2.37. The molecule has 5 nitrogen and oxygen atoms in total. The number of nitrogens with one attached hydrogen (secondary N) is 1. The van der Waals surface area contributed by atoms with Gasteiger partial charge in [-0.25, -0.2) is 0 Å². The van der Waals surface area contributed by atoms with Gasteiger partial charge >= 0.3 is 0 Å². The monoisotopic (exact) mass is 354 g/mol. The highest BCUT2D eigenvalue weighted by Gasteiger charge is 2.24. The molecule has 0 spiro atoms. The van der Waals surface area contributed by atoms with Crippen molar-refractivity contribution in [2.45, 2.75) is 31.8 Å². The Hall–Kier alpha value is -0.790. The lowest BCUT2D eigenvalue weighted by atomic mass is 9.86. The number of allylic oxidation sites excluding steroid dienone is 1. The SMILES string of the molecule is CC(N)CC1=CCNC2CC=C(OCCOCCOCCS)C=C12. The fraction of sp³-hybridized carbons (Fsp3) is 0.667. The van der Waals surface area contributed by atoms with Crippen LogP contribution in [0.3, 0.4) is 0 Å². The maximum absolute atomic E-state index is 5.97. The Kier molecular flexibility index (Phi) is 8.91. The van der Waals surface area contributed by atoms with Crippen molar-refractivity contribution in [1.29, 1.82) is 0 Å². The summed E-state index contributed by atoms with van der Waals surface area (Å²) < 4.78 is 16.6. The fourth-order valence-electron chi connectivity index (χ4n) is 2.88. The number of hydrogen-bond acceptors (Lipinski definition) is 6. The lowest BCUT2D eigenvalue weighted by molar-refractivity contribution is 0.0321. The Morgan fingerprint density at radius 3 is 2.71 bits per heavy atom. The third-order valence-corrected chi connectivity index (χ3v) is 4.14. The summed E-state index contributed by atoms with van der Waals surface area (Å²) in [5.74, 6) is 1.66. The Morgan fingerprint density at radius 1 is 1.21 bits per heavy atom. The van der Waals surface area contributed by atoms with Gasteiger partial charge < -0.3 is 25.3 Å². The van der Waals surface area contributed by atoms with Crippen molar-refractivity contribution < 1.29 is 14.2 Å². The van der Waals surface area contributed by atoms with Crippen LogP contribution in [0.4, 0.5) is 0 Å². The quantitative estimate of drug-likeness (QED) is 0.390. The molecule has 136 valence electrons. The summed E-state index contributed by atoms with van der Waals surface area (Å²) in [6.45, 7) is 5.93. The van der Waals surface area contributed by atoms with Gasteiger partial charge in [0, 0.05) is 24.4 Å². The van der Waals surface area contributed by atoms with E-state index in [9.17, 15) is 0 Å². The van der Waals surface area contributed by atoms with Gasteiger partial charge in [0.1, 0.15) is 12.4 Å². The molecule has 2 aliphatic rings. The molecule has 0 fully saturated rings. The standard InChI is InChI=1S/C18H30N2O3S/c1-14(19)12-15-4-5-20-18-3-2-16(13-17(15)18)23-9-8-21-6-7-22-10-11-24/h2,4,13-14,18,20,24H,3,5-12,19H2,1H3. The number of fused-ring (bicyclic) bond motifs is 1. The highest BCUT2D eigenvalue weighted by atomic mass is 32.1. The third kappa shape index (κ3) is 6.61. The minimum Gasteiger partial charge on any atom is -0.492 e. The van der Waals surface area contributed by atoms with Crippen LogP contribution in [0.5, 0.6) is 0 Å². The first-order chi connectivity index (χ1) is 11.7. The smallest absolute Gasteiger partial charge is 0.115 e. The molecule has 0 bridgehead atoms. The number of thiol groups is 1. The van der Waals surface area contributed by atoms with Crippen molar-refractivity contribution in [2.75, 3.05) is 45.3 Å². The fourth-order valence-corrected chi connectivity index (χ4v) is 3.01. The first kappa shape index (κ1) is 19.5. The Balaban J connectivity index is 1.72. The van der Waals surface area contributed by atoms with Gasteiger partial charge in [-0.15, -0.1) is 0 Å². The maximum Gasteiger partial charge on any atom is 0.115 e. The lowest BCUT2D eigenvalue weighted by Gasteiger charge is -2.31. The predicted molar refractivity (Wildman–Crippen MR) is 100 cm³/mol. The highest BCUT2D eigenvalue weighted by Crippen LogP contribution is 2.29. The van der Waals surface area contributed by atoms with E-state index >= 15 is 0 Å². The van der Waals surface area contributed by atoms with Gasteiger partial charge in [0.25, 0.3) is 0 Å². The van der Waals surface area contributed by atoms with E-state index < -0.39 is 0 Å². The van der Waals surface area contributed by atoms with Crippen molar-refractivity contribution in [3.05, 3.63) is 35.1 Å². The van der Waals surface area contributed by atoms with Crippen molar-refractivity contribution >= 4 is 12.6 Å². The van der Waals surface area contributed by atoms with Crippen LogP contribution in [0.25, 0.3) is 0 Å². The van der Waals surface area contributed by atoms with Gasteiger partial charge in [0.05, 0.1) is 26.4 Å². The van der Waals surface area contributed by atoms with Crippen LogP contribution in [0.2, 0.25) is 0 Å². The average Bonchev–Trinajstić information content (AvgIpc) is 2.57. The molecule has 0 radical (unpaired) electrons. The highest BCUT2D eigenvalue weighted by molar-refractivity contribution is 7.80. The number of ether oxygens (including phenoxy) is 3. The molecule has 0 aromatic heterocycles. The second-order valence-electron chi connectivity index (χ2n) is 6.11. The van der Waals surface area contributed by atoms with E-state index in [0.717, 1.165) is 30.9 Å². The Labute approximate surface area is 150 Å². The third-order valence-electron chi connectivity index (χ3n) is 3.96. The summed E-state index contributed by atoms with van der Waals surface area (Å²) in [4.78, 5) is 0. The molecule has 0 saturated carbocycles. The first-order valence-electron chi connectivity index (χ1n) is 8.70. The van der Waals surface area contributed by atoms with Crippen LogP contribution in [-0.2, 0) is 14.2 Å². The van der Waals surface area contributed by atoms with Crippen LogP contribution in [0.1, 0.15) is 19.8 Å². The summed E-state index contributed by atoms with van der Waals surface area (Å²) in [6.07, 6.45) is 8.39. The normalized spacial score (nSPS) is 21.5. The molecule has 0 saturated heterocycles. The van der Waals surface area contributed by atoms with Gasteiger partial charge in [-0.3, -0.25) is 0 Å². The zero-order chi connectivity index (χ0) is 17.2. The predicted octanol–water partition coefficient (Wildman–Crippen LogP) is 1.82. The van der Waals surface area contributed by atoms with Crippen LogP contribution in [0.15, 0.2) is 35.1 Å². The number of hydrogen-bond donors (Lipinski definition) is 3. The summed E-state index contributed by atoms with van der Waals surface area (Å²) in [6, 6.07) is 0.556. The van der Waals surface area contributed by atoms with Crippen molar-refractivity contribution in [1.82, 2.24) is 5.32 Å².